The van der Waals surface area contributed by atoms with E-state index in [-0.39, 0.29) is 5.82 Å². The first-order valence-corrected chi connectivity index (χ1v) is 6.67. The minimum absolute atomic E-state index is 0.234. The van der Waals surface area contributed by atoms with Gasteiger partial charge in [-0.2, -0.15) is 5.26 Å². The minimum Gasteiger partial charge on any atom is -0.495 e. The molecule has 0 fully saturated rings. The lowest BCUT2D eigenvalue weighted by atomic mass is 10.1. The molecule has 0 bridgehead atoms. The summed E-state index contributed by atoms with van der Waals surface area (Å²) in [6.07, 6.45) is 0. The molecule has 0 atom stereocenters. The number of rotatable bonds is 4. The third-order valence-electron chi connectivity index (χ3n) is 2.59. The van der Waals surface area contributed by atoms with Crippen molar-refractivity contribution in [3.8, 4) is 11.8 Å². The van der Waals surface area contributed by atoms with E-state index < -0.39 is 0 Å². The molecule has 0 amide bonds. The molecule has 96 valence electrons. The van der Waals surface area contributed by atoms with Crippen molar-refractivity contribution in [2.75, 3.05) is 7.11 Å². The van der Waals surface area contributed by atoms with E-state index in [4.69, 9.17) is 10.00 Å². The van der Waals surface area contributed by atoms with Crippen LogP contribution in [0.25, 0.3) is 0 Å². The summed E-state index contributed by atoms with van der Waals surface area (Å²) in [5, 5.41) is 8.90. The second-order valence-corrected chi connectivity index (χ2v) is 4.94. The Kier molecular flexibility index (Phi) is 4.43. The van der Waals surface area contributed by atoms with Crippen LogP contribution in [0.3, 0.4) is 0 Å². The number of benzene rings is 2. The van der Waals surface area contributed by atoms with Crippen molar-refractivity contribution in [3.63, 3.8) is 0 Å². The number of nitrogens with zero attached hydrogens (tertiary/aromatic N) is 1. The topological polar surface area (TPSA) is 33.0 Å². The zero-order valence-electron chi connectivity index (χ0n) is 10.4. The molecule has 0 saturated carbocycles. The molecule has 19 heavy (non-hydrogen) atoms. The lowest BCUT2D eigenvalue weighted by molar-refractivity contribution is 0.413. The fraction of sp³-hybridized carbons (Fsp3) is 0.133. The maximum atomic E-state index is 13.0. The molecule has 4 heteroatoms. The molecule has 0 heterocycles. The van der Waals surface area contributed by atoms with Crippen molar-refractivity contribution in [1.82, 2.24) is 0 Å². The largest absolute Gasteiger partial charge is 0.495 e. The van der Waals surface area contributed by atoms with Crippen LogP contribution < -0.4 is 4.74 Å². The highest BCUT2D eigenvalue weighted by Crippen LogP contribution is 2.26. The quantitative estimate of drug-likeness (QED) is 0.789. The van der Waals surface area contributed by atoms with Gasteiger partial charge < -0.3 is 4.74 Å². The van der Waals surface area contributed by atoms with E-state index in [2.05, 4.69) is 6.07 Å². The molecule has 0 radical (unpaired) electrons. The van der Waals surface area contributed by atoms with E-state index in [0.717, 1.165) is 10.5 Å². The van der Waals surface area contributed by atoms with Crippen LogP contribution in [-0.4, -0.2) is 7.11 Å². The highest BCUT2D eigenvalue weighted by atomic mass is 32.2. The molecule has 0 unspecified atom stereocenters. The van der Waals surface area contributed by atoms with Gasteiger partial charge in [0.05, 0.1) is 12.7 Å². The number of halogens is 1. The van der Waals surface area contributed by atoms with E-state index in [1.165, 1.54) is 12.1 Å². The predicted molar refractivity (Wildman–Crippen MR) is 73.7 cm³/mol. The van der Waals surface area contributed by atoms with E-state index in [1.54, 1.807) is 31.0 Å². The number of thioether (sulfide) groups is 1. The molecule has 0 aliphatic rings. The number of ether oxygens (including phenoxy) is 1. The summed E-state index contributed by atoms with van der Waals surface area (Å²) in [6, 6.07) is 14.0. The van der Waals surface area contributed by atoms with Crippen LogP contribution in [0.15, 0.2) is 47.4 Å². The Morgan fingerprint density at radius 2 is 2.11 bits per heavy atom. The van der Waals surface area contributed by atoms with Gasteiger partial charge in [-0.05, 0) is 35.9 Å². The monoisotopic (exact) mass is 273 g/mol. The average Bonchev–Trinajstić information content (AvgIpc) is 2.45. The van der Waals surface area contributed by atoms with Crippen LogP contribution >= 0.6 is 11.8 Å². The van der Waals surface area contributed by atoms with Crippen LogP contribution in [0.1, 0.15) is 11.1 Å². The average molecular weight is 273 g/mol. The highest BCUT2D eigenvalue weighted by molar-refractivity contribution is 7.98. The standard InChI is InChI=1S/C15H12FNOS/c1-18-15-7-11(5-6-12(15)9-17)10-19-14-4-2-3-13(16)8-14/h2-8H,10H2,1H3. The van der Waals surface area contributed by atoms with E-state index in [9.17, 15) is 4.39 Å². The smallest absolute Gasteiger partial charge is 0.136 e. The molecule has 0 spiro atoms. The van der Waals surface area contributed by atoms with Crippen LogP contribution in [0.2, 0.25) is 0 Å². The molecule has 2 nitrogen and oxygen atoms in total. The summed E-state index contributed by atoms with van der Waals surface area (Å²) in [7, 11) is 1.54. The second-order valence-electron chi connectivity index (χ2n) is 3.89. The van der Waals surface area contributed by atoms with Crippen LogP contribution in [-0.2, 0) is 5.75 Å². The van der Waals surface area contributed by atoms with Gasteiger partial charge in [-0.15, -0.1) is 11.8 Å². The van der Waals surface area contributed by atoms with Gasteiger partial charge in [0.25, 0.3) is 0 Å². The summed E-state index contributed by atoms with van der Waals surface area (Å²) in [5.74, 6) is 1.04. The predicted octanol–water partition coefficient (Wildman–Crippen LogP) is 4.00. The lowest BCUT2D eigenvalue weighted by Gasteiger charge is -2.06. The third kappa shape index (κ3) is 3.49. The first-order valence-electron chi connectivity index (χ1n) is 5.68. The highest BCUT2D eigenvalue weighted by Gasteiger charge is 2.04. The Labute approximate surface area is 115 Å². The summed E-state index contributed by atoms with van der Waals surface area (Å²) in [6.45, 7) is 0. The third-order valence-corrected chi connectivity index (χ3v) is 3.65. The van der Waals surface area contributed by atoms with Crippen molar-refractivity contribution >= 4 is 11.8 Å². The van der Waals surface area contributed by atoms with Crippen LogP contribution in [0.4, 0.5) is 4.39 Å². The Bertz CT molecular complexity index is 622. The fourth-order valence-corrected chi connectivity index (χ4v) is 2.52. The molecule has 0 aliphatic heterocycles. The molecular weight excluding hydrogens is 261 g/mol. The van der Waals surface area contributed by atoms with Gasteiger partial charge in [0.1, 0.15) is 17.6 Å². The Morgan fingerprint density at radius 3 is 2.79 bits per heavy atom. The fourth-order valence-electron chi connectivity index (χ4n) is 1.64. The van der Waals surface area contributed by atoms with Gasteiger partial charge in [0.15, 0.2) is 0 Å². The van der Waals surface area contributed by atoms with Gasteiger partial charge in [-0.25, -0.2) is 4.39 Å². The van der Waals surface area contributed by atoms with Gasteiger partial charge in [-0.3, -0.25) is 0 Å². The minimum atomic E-state index is -0.234. The molecular formula is C15H12FNOS. The maximum Gasteiger partial charge on any atom is 0.136 e. The van der Waals surface area contributed by atoms with Gasteiger partial charge in [-0.1, -0.05) is 12.1 Å². The van der Waals surface area contributed by atoms with Crippen molar-refractivity contribution < 1.29 is 9.13 Å². The molecule has 0 N–H and O–H groups in total. The molecule has 0 aromatic heterocycles. The van der Waals surface area contributed by atoms with E-state index >= 15 is 0 Å². The SMILES string of the molecule is COc1cc(CSc2cccc(F)c2)ccc1C#N. The van der Waals surface area contributed by atoms with E-state index in [0.29, 0.717) is 17.1 Å². The summed E-state index contributed by atoms with van der Waals surface area (Å²) in [4.78, 5) is 0.878. The lowest BCUT2D eigenvalue weighted by Crippen LogP contribution is -1.90. The van der Waals surface area contributed by atoms with Crippen LogP contribution in [0, 0.1) is 17.1 Å². The normalized spacial score (nSPS) is 9.95. The number of methoxy groups -OCH3 is 1. The first-order chi connectivity index (χ1) is 9.22. The van der Waals surface area contributed by atoms with E-state index in [1.807, 2.05) is 18.2 Å². The molecule has 2 aromatic rings. The summed E-state index contributed by atoms with van der Waals surface area (Å²) < 4.78 is 18.2. The molecule has 2 rings (SSSR count). The zero-order chi connectivity index (χ0) is 13.7. The Morgan fingerprint density at radius 1 is 1.26 bits per heavy atom. The molecule has 0 aliphatic carbocycles. The van der Waals surface area contributed by atoms with Gasteiger partial charge in [0.2, 0.25) is 0 Å². The van der Waals surface area contributed by atoms with Crippen molar-refractivity contribution in [2.45, 2.75) is 10.6 Å². The second kappa shape index (κ2) is 6.26. The number of hydrogen-bond acceptors (Lipinski definition) is 3. The van der Waals surface area contributed by atoms with Gasteiger partial charge in [0, 0.05) is 10.6 Å². The zero-order valence-corrected chi connectivity index (χ0v) is 11.2. The van der Waals surface area contributed by atoms with Crippen molar-refractivity contribution in [2.24, 2.45) is 0 Å². The molecule has 0 saturated heterocycles. The van der Waals surface area contributed by atoms with Crippen molar-refractivity contribution in [3.05, 3.63) is 59.4 Å². The Balaban J connectivity index is 2.10. The summed E-state index contributed by atoms with van der Waals surface area (Å²) in [5.41, 5.74) is 1.55. The summed E-state index contributed by atoms with van der Waals surface area (Å²) >= 11 is 1.54. The number of nitriles is 1. The van der Waals surface area contributed by atoms with Crippen molar-refractivity contribution in [1.29, 1.82) is 5.26 Å². The maximum absolute atomic E-state index is 13.0. The Hall–Kier alpha value is -1.99. The van der Waals surface area contributed by atoms with Crippen LogP contribution in [0.5, 0.6) is 5.75 Å². The molecule has 2 aromatic carbocycles. The van der Waals surface area contributed by atoms with Gasteiger partial charge >= 0.3 is 0 Å². The first kappa shape index (κ1) is 13.4. The number of hydrogen-bond donors (Lipinski definition) is 0.